The minimum Gasteiger partial charge on any atom is -0.459 e. The maximum absolute atomic E-state index is 13.5. The van der Waals surface area contributed by atoms with Gasteiger partial charge in [0.1, 0.15) is 0 Å². The lowest BCUT2D eigenvalue weighted by Gasteiger charge is -2.23. The minimum atomic E-state index is -2.33. The average molecular weight is 702 g/mol. The van der Waals surface area contributed by atoms with Crippen molar-refractivity contribution in [3.8, 4) is 11.5 Å². The summed E-state index contributed by atoms with van der Waals surface area (Å²) in [6.07, 6.45) is 17.7. The molecule has 2 aromatic rings. The molecule has 9 heteroatoms. The quantitative estimate of drug-likeness (QED) is 0.0568. The zero-order valence-corrected chi connectivity index (χ0v) is 30.9. The van der Waals surface area contributed by atoms with Crippen molar-refractivity contribution in [1.82, 2.24) is 5.32 Å². The summed E-state index contributed by atoms with van der Waals surface area (Å²) in [5, 5.41) is 14.5. The number of carbonyl (C=O) groups is 2. The lowest BCUT2D eigenvalue weighted by Crippen LogP contribution is -2.56. The molecule has 0 saturated carbocycles. The fourth-order valence-corrected chi connectivity index (χ4v) is 6.18. The minimum absolute atomic E-state index is 0.00665. The largest absolute Gasteiger partial charge is 0.459 e. The van der Waals surface area contributed by atoms with Gasteiger partial charge in [-0.2, -0.15) is 0 Å². The van der Waals surface area contributed by atoms with E-state index in [1.165, 1.54) is 64.2 Å². The number of hydrogen-bond donors (Lipinski definition) is 2. The van der Waals surface area contributed by atoms with Gasteiger partial charge in [-0.3, -0.25) is 0 Å². The van der Waals surface area contributed by atoms with E-state index < -0.39 is 23.8 Å². The molecule has 1 heterocycles. The van der Waals surface area contributed by atoms with Crippen molar-refractivity contribution in [3.05, 3.63) is 58.6 Å². The SMILES string of the molecule is CCCCCCCCCCOC(=O)C1(C(=O)OCCCCCCCCCC)Oc2ccc(CC(C)NCC(O)c3cccc(Cl)c3)cc2O1. The molecular weight excluding hydrogens is 642 g/mol. The molecule has 274 valence electrons. The van der Waals surface area contributed by atoms with Crippen LogP contribution in [-0.2, 0) is 25.5 Å². The molecule has 0 saturated heterocycles. The number of aliphatic hydroxyl groups is 1. The van der Waals surface area contributed by atoms with Crippen LogP contribution >= 0.6 is 11.6 Å². The molecular formula is C40H60ClNO7. The third kappa shape index (κ3) is 14.1. The molecule has 1 aliphatic heterocycles. The van der Waals surface area contributed by atoms with E-state index in [0.29, 0.717) is 30.8 Å². The van der Waals surface area contributed by atoms with Gasteiger partial charge in [0.25, 0.3) is 0 Å². The maximum Gasteiger partial charge on any atom is 0.453 e. The summed E-state index contributed by atoms with van der Waals surface area (Å²) in [7, 11) is 0. The smallest absolute Gasteiger partial charge is 0.453 e. The highest BCUT2D eigenvalue weighted by molar-refractivity contribution is 6.30. The average Bonchev–Trinajstić information content (AvgIpc) is 3.49. The molecule has 0 fully saturated rings. The topological polar surface area (TPSA) is 103 Å². The van der Waals surface area contributed by atoms with Crippen LogP contribution in [0.5, 0.6) is 11.5 Å². The number of fused-ring (bicyclic) bond motifs is 1. The Morgan fingerprint density at radius 1 is 0.755 bits per heavy atom. The molecule has 3 rings (SSSR count). The van der Waals surface area contributed by atoms with Gasteiger partial charge in [-0.05, 0) is 61.6 Å². The van der Waals surface area contributed by atoms with Crippen LogP contribution in [0.4, 0.5) is 0 Å². The number of rotatable bonds is 26. The van der Waals surface area contributed by atoms with Gasteiger partial charge in [-0.15, -0.1) is 0 Å². The van der Waals surface area contributed by atoms with Crippen molar-refractivity contribution >= 4 is 23.5 Å². The first-order chi connectivity index (χ1) is 23.8. The van der Waals surface area contributed by atoms with Crippen LogP contribution in [0.3, 0.4) is 0 Å². The lowest BCUT2D eigenvalue weighted by atomic mass is 10.1. The van der Waals surface area contributed by atoms with E-state index in [2.05, 4.69) is 19.2 Å². The first-order valence-electron chi connectivity index (χ1n) is 18.8. The number of unbranched alkanes of at least 4 members (excludes halogenated alkanes) is 14. The van der Waals surface area contributed by atoms with Gasteiger partial charge >= 0.3 is 17.7 Å². The van der Waals surface area contributed by atoms with Crippen molar-refractivity contribution in [2.45, 2.75) is 148 Å². The molecule has 0 amide bonds. The van der Waals surface area contributed by atoms with Crippen molar-refractivity contribution in [2.24, 2.45) is 0 Å². The summed E-state index contributed by atoms with van der Waals surface area (Å²) in [5.74, 6) is -3.53. The van der Waals surface area contributed by atoms with Gasteiger partial charge in [0.2, 0.25) is 0 Å². The number of benzene rings is 2. The Hall–Kier alpha value is -2.81. The molecule has 0 bridgehead atoms. The van der Waals surface area contributed by atoms with E-state index in [4.69, 9.17) is 30.5 Å². The lowest BCUT2D eigenvalue weighted by molar-refractivity contribution is -0.202. The Kier molecular flexibility index (Phi) is 18.9. The van der Waals surface area contributed by atoms with Crippen molar-refractivity contribution < 1.29 is 33.6 Å². The predicted molar refractivity (Wildman–Crippen MR) is 195 cm³/mol. The van der Waals surface area contributed by atoms with E-state index in [-0.39, 0.29) is 30.8 Å². The number of hydrogen-bond acceptors (Lipinski definition) is 8. The van der Waals surface area contributed by atoms with Crippen molar-refractivity contribution in [2.75, 3.05) is 19.8 Å². The highest BCUT2D eigenvalue weighted by Gasteiger charge is 2.59. The van der Waals surface area contributed by atoms with Gasteiger partial charge in [-0.25, -0.2) is 9.59 Å². The van der Waals surface area contributed by atoms with Crippen LogP contribution in [0.15, 0.2) is 42.5 Å². The Bertz CT molecular complexity index is 1220. The molecule has 8 nitrogen and oxygen atoms in total. The van der Waals surface area contributed by atoms with E-state index in [9.17, 15) is 14.7 Å². The van der Waals surface area contributed by atoms with Crippen LogP contribution in [0.25, 0.3) is 0 Å². The van der Waals surface area contributed by atoms with Crippen LogP contribution in [-0.4, -0.2) is 48.6 Å². The number of carbonyl (C=O) groups excluding carboxylic acids is 2. The van der Waals surface area contributed by atoms with Crippen LogP contribution in [0.1, 0.15) is 141 Å². The number of aliphatic hydroxyl groups excluding tert-OH is 1. The third-order valence-corrected chi connectivity index (χ3v) is 9.19. The summed E-state index contributed by atoms with van der Waals surface area (Å²) in [5.41, 5.74) is 1.66. The van der Waals surface area contributed by atoms with E-state index >= 15 is 0 Å². The van der Waals surface area contributed by atoms with Crippen molar-refractivity contribution in [1.29, 1.82) is 0 Å². The second-order valence-corrected chi connectivity index (χ2v) is 13.8. The monoisotopic (exact) mass is 701 g/mol. The molecule has 0 aliphatic carbocycles. The van der Waals surface area contributed by atoms with Gasteiger partial charge in [0.15, 0.2) is 11.5 Å². The first kappa shape index (κ1) is 40.6. The van der Waals surface area contributed by atoms with E-state index in [1.807, 2.05) is 25.1 Å². The van der Waals surface area contributed by atoms with Gasteiger partial charge < -0.3 is 29.4 Å². The summed E-state index contributed by atoms with van der Waals surface area (Å²) < 4.78 is 23.1. The molecule has 0 radical (unpaired) electrons. The fourth-order valence-electron chi connectivity index (χ4n) is 5.99. The zero-order valence-electron chi connectivity index (χ0n) is 30.1. The molecule has 49 heavy (non-hydrogen) atoms. The number of nitrogens with one attached hydrogen (secondary N) is 1. The normalized spacial score (nSPS) is 14.4. The molecule has 2 N–H and O–H groups in total. The molecule has 1 aliphatic rings. The third-order valence-electron chi connectivity index (χ3n) is 8.95. The molecule has 2 aromatic carbocycles. The van der Waals surface area contributed by atoms with Gasteiger partial charge in [0, 0.05) is 17.6 Å². The first-order valence-corrected chi connectivity index (χ1v) is 19.2. The van der Waals surface area contributed by atoms with Crippen LogP contribution in [0, 0.1) is 0 Å². The van der Waals surface area contributed by atoms with E-state index in [1.54, 1.807) is 24.3 Å². The number of esters is 2. The Labute approximate surface area is 299 Å². The van der Waals surface area contributed by atoms with Crippen molar-refractivity contribution in [3.63, 3.8) is 0 Å². The summed E-state index contributed by atoms with van der Waals surface area (Å²) >= 11 is 6.07. The Morgan fingerprint density at radius 2 is 1.29 bits per heavy atom. The molecule has 2 unspecified atom stereocenters. The van der Waals surface area contributed by atoms with Gasteiger partial charge in [-0.1, -0.05) is 134 Å². The highest BCUT2D eigenvalue weighted by Crippen LogP contribution is 2.41. The predicted octanol–water partition coefficient (Wildman–Crippen LogP) is 9.43. The molecule has 2 atom stereocenters. The molecule has 0 spiro atoms. The summed E-state index contributed by atoms with van der Waals surface area (Å²) in [4.78, 5) is 27.0. The van der Waals surface area contributed by atoms with Gasteiger partial charge in [0.05, 0.1) is 19.3 Å². The van der Waals surface area contributed by atoms with E-state index in [0.717, 1.165) is 36.8 Å². The van der Waals surface area contributed by atoms with Crippen LogP contribution < -0.4 is 14.8 Å². The standard InChI is InChI=1S/C40H60ClNO7/c1-4-6-8-10-12-14-16-18-25-46-38(44)40(39(45)47-26-19-17-15-13-11-9-7-5-2)48-36-24-23-32(28-37(36)49-40)27-31(3)42-30-35(43)33-21-20-22-34(41)29-33/h20-24,28-29,31,35,42-43H,4-19,25-27,30H2,1-3H3. The maximum atomic E-state index is 13.5. The fraction of sp³-hybridized carbons (Fsp3) is 0.650. The summed E-state index contributed by atoms with van der Waals surface area (Å²) in [6, 6.07) is 12.6. The second-order valence-electron chi connectivity index (χ2n) is 13.4. The Morgan fingerprint density at radius 3 is 1.84 bits per heavy atom. The summed E-state index contributed by atoms with van der Waals surface area (Å²) in [6.45, 7) is 7.15. The van der Waals surface area contributed by atoms with Crippen LogP contribution in [0.2, 0.25) is 5.02 Å². The number of halogens is 1. The molecule has 0 aromatic heterocycles. The highest BCUT2D eigenvalue weighted by atomic mass is 35.5. The number of ether oxygens (including phenoxy) is 4. The second kappa shape index (κ2) is 22.8. The zero-order chi connectivity index (χ0) is 35.3. The Balaban J connectivity index is 1.55.